The lowest BCUT2D eigenvalue weighted by molar-refractivity contribution is -0.137. The number of rotatable bonds is 3. The molecule has 0 saturated heterocycles. The molecule has 1 aliphatic carbocycles. The summed E-state index contributed by atoms with van der Waals surface area (Å²) in [7, 11) is 0. The summed E-state index contributed by atoms with van der Waals surface area (Å²) < 4.78 is 43.5. The third-order valence-corrected chi connectivity index (χ3v) is 5.25. The van der Waals surface area contributed by atoms with Crippen molar-refractivity contribution in [2.45, 2.75) is 37.9 Å². The fourth-order valence-electron chi connectivity index (χ4n) is 3.73. The molecule has 0 unspecified atom stereocenters. The number of nitrogens with zero attached hydrogens (tertiary/aromatic N) is 2. The Labute approximate surface area is 155 Å². The summed E-state index contributed by atoms with van der Waals surface area (Å²) in [6.45, 7) is 3.26. The fourth-order valence-corrected chi connectivity index (χ4v) is 3.73. The first-order valence-electron chi connectivity index (χ1n) is 8.91. The molecule has 1 aromatic carbocycles. The first-order chi connectivity index (χ1) is 12.8. The van der Waals surface area contributed by atoms with Crippen LogP contribution in [0.25, 0.3) is 0 Å². The summed E-state index contributed by atoms with van der Waals surface area (Å²) >= 11 is 0. The average molecular weight is 376 g/mol. The quantitative estimate of drug-likeness (QED) is 0.748. The first-order valence-corrected chi connectivity index (χ1v) is 8.91. The van der Waals surface area contributed by atoms with Crippen LogP contribution < -0.4 is 4.90 Å². The van der Waals surface area contributed by atoms with E-state index < -0.39 is 17.7 Å². The highest BCUT2D eigenvalue weighted by atomic mass is 19.4. The van der Waals surface area contributed by atoms with Gasteiger partial charge in [-0.05, 0) is 55.7 Å². The Hall–Kier alpha value is -2.57. The predicted molar refractivity (Wildman–Crippen MR) is 93.6 cm³/mol. The first kappa shape index (κ1) is 17.8. The third kappa shape index (κ3) is 3.26. The van der Waals surface area contributed by atoms with Gasteiger partial charge in [0.15, 0.2) is 0 Å². The molecule has 1 fully saturated rings. The number of ether oxygens (including phenoxy) is 1. The number of benzene rings is 1. The Morgan fingerprint density at radius 2 is 1.96 bits per heavy atom. The SMILES string of the molecule is CCOC(=O)c1cnc2c(c1)CN(c1ccc(C(F)(F)F)cc1)CC21CC1. The van der Waals surface area contributed by atoms with Crippen LogP contribution in [0.1, 0.15) is 46.9 Å². The van der Waals surface area contributed by atoms with Crippen LogP contribution in [0.15, 0.2) is 36.5 Å². The number of pyridine rings is 1. The van der Waals surface area contributed by atoms with E-state index in [9.17, 15) is 18.0 Å². The van der Waals surface area contributed by atoms with Gasteiger partial charge in [-0.3, -0.25) is 4.98 Å². The highest BCUT2D eigenvalue weighted by molar-refractivity contribution is 5.89. The van der Waals surface area contributed by atoms with Crippen LogP contribution in [0.2, 0.25) is 0 Å². The minimum absolute atomic E-state index is 0.0660. The molecule has 4 rings (SSSR count). The van der Waals surface area contributed by atoms with Gasteiger partial charge in [0.2, 0.25) is 0 Å². The van der Waals surface area contributed by atoms with Gasteiger partial charge < -0.3 is 9.64 Å². The summed E-state index contributed by atoms with van der Waals surface area (Å²) in [5, 5.41) is 0. The van der Waals surface area contributed by atoms with Gasteiger partial charge in [0, 0.05) is 30.4 Å². The molecule has 0 radical (unpaired) electrons. The molecule has 4 nitrogen and oxygen atoms in total. The van der Waals surface area contributed by atoms with E-state index in [0.717, 1.165) is 48.5 Å². The van der Waals surface area contributed by atoms with Gasteiger partial charge in [-0.1, -0.05) is 0 Å². The van der Waals surface area contributed by atoms with Crippen LogP contribution in [-0.4, -0.2) is 24.1 Å². The maximum atomic E-state index is 12.8. The van der Waals surface area contributed by atoms with Gasteiger partial charge >= 0.3 is 12.1 Å². The van der Waals surface area contributed by atoms with Crippen molar-refractivity contribution in [1.82, 2.24) is 4.98 Å². The summed E-state index contributed by atoms with van der Waals surface area (Å²) in [4.78, 5) is 18.6. The number of halogens is 3. The Bertz CT molecular complexity index is 874. The normalized spacial score (nSPS) is 17.6. The standard InChI is InChI=1S/C20H19F3N2O2/c1-2-27-18(26)13-9-14-11-25(12-19(7-8-19)17(14)24-10-13)16-5-3-15(4-6-16)20(21,22)23/h3-6,9-10H,2,7-8,11-12H2,1H3. The van der Waals surface area contributed by atoms with E-state index in [0.29, 0.717) is 12.1 Å². The number of carbonyl (C=O) groups excluding carboxylic acids is 1. The number of fused-ring (bicyclic) bond motifs is 2. The zero-order valence-electron chi connectivity index (χ0n) is 14.8. The fraction of sp³-hybridized carbons (Fsp3) is 0.400. The molecule has 0 N–H and O–H groups in total. The van der Waals surface area contributed by atoms with Crippen LogP contribution in [0.3, 0.4) is 0 Å². The molecule has 1 aromatic heterocycles. The van der Waals surface area contributed by atoms with Gasteiger partial charge in [-0.25, -0.2) is 4.79 Å². The summed E-state index contributed by atoms with van der Waals surface area (Å²) in [6.07, 6.45) is -0.806. The van der Waals surface area contributed by atoms with E-state index in [2.05, 4.69) is 9.88 Å². The monoisotopic (exact) mass is 376 g/mol. The number of hydrogen-bond acceptors (Lipinski definition) is 4. The molecule has 0 amide bonds. The molecular formula is C20H19F3N2O2. The Morgan fingerprint density at radius 3 is 2.56 bits per heavy atom. The molecule has 2 aromatic rings. The lowest BCUT2D eigenvalue weighted by Crippen LogP contribution is -2.38. The van der Waals surface area contributed by atoms with Crippen molar-refractivity contribution >= 4 is 11.7 Å². The largest absolute Gasteiger partial charge is 0.462 e. The summed E-state index contributed by atoms with van der Waals surface area (Å²) in [5.41, 5.74) is 2.35. The number of alkyl halides is 3. The lowest BCUT2D eigenvalue weighted by atomic mass is 9.90. The molecule has 0 atom stereocenters. The molecule has 1 saturated carbocycles. The van der Waals surface area contributed by atoms with Gasteiger partial charge in [-0.15, -0.1) is 0 Å². The van der Waals surface area contributed by atoms with E-state index in [1.807, 2.05) is 0 Å². The van der Waals surface area contributed by atoms with Gasteiger partial charge in [0.25, 0.3) is 0 Å². The van der Waals surface area contributed by atoms with Gasteiger partial charge in [0.05, 0.1) is 23.4 Å². The summed E-state index contributed by atoms with van der Waals surface area (Å²) in [5.74, 6) is -0.413. The molecule has 142 valence electrons. The van der Waals surface area contributed by atoms with Crippen LogP contribution in [0, 0.1) is 0 Å². The van der Waals surface area contributed by atoms with Crippen molar-refractivity contribution in [1.29, 1.82) is 0 Å². The van der Waals surface area contributed by atoms with E-state index >= 15 is 0 Å². The Kier molecular flexibility index (Phi) is 4.13. The predicted octanol–water partition coefficient (Wildman–Crippen LogP) is 4.33. The van der Waals surface area contributed by atoms with Gasteiger partial charge in [0.1, 0.15) is 0 Å². The number of carbonyl (C=O) groups is 1. The van der Waals surface area contributed by atoms with Crippen LogP contribution >= 0.6 is 0 Å². The Balaban J connectivity index is 1.64. The molecule has 1 spiro atoms. The van der Waals surface area contributed by atoms with Crippen molar-refractivity contribution < 1.29 is 22.7 Å². The number of esters is 1. The maximum Gasteiger partial charge on any atom is 0.416 e. The van der Waals surface area contributed by atoms with Crippen molar-refractivity contribution in [2.75, 3.05) is 18.1 Å². The minimum Gasteiger partial charge on any atom is -0.462 e. The summed E-state index contributed by atoms with van der Waals surface area (Å²) in [6, 6.07) is 7.03. The maximum absolute atomic E-state index is 12.8. The van der Waals surface area contributed by atoms with E-state index in [4.69, 9.17) is 4.74 Å². The highest BCUT2D eigenvalue weighted by Crippen LogP contribution is 2.52. The number of hydrogen-bond donors (Lipinski definition) is 0. The van der Waals surface area contributed by atoms with Crippen molar-refractivity contribution in [3.05, 3.63) is 58.9 Å². The zero-order valence-corrected chi connectivity index (χ0v) is 14.8. The second-order valence-corrected chi connectivity index (χ2v) is 7.13. The van der Waals surface area contributed by atoms with Crippen molar-refractivity contribution in [2.24, 2.45) is 0 Å². The number of anilines is 1. The van der Waals surface area contributed by atoms with Crippen molar-refractivity contribution in [3.63, 3.8) is 0 Å². The molecule has 2 heterocycles. The zero-order chi connectivity index (χ0) is 19.2. The average Bonchev–Trinajstić information content (AvgIpc) is 3.40. The molecule has 27 heavy (non-hydrogen) atoms. The molecule has 1 aliphatic heterocycles. The lowest BCUT2D eigenvalue weighted by Gasteiger charge is -2.36. The van der Waals surface area contributed by atoms with Crippen LogP contribution in [-0.2, 0) is 22.9 Å². The third-order valence-electron chi connectivity index (χ3n) is 5.25. The second kappa shape index (κ2) is 6.25. The minimum atomic E-state index is -4.34. The molecule has 2 aliphatic rings. The second-order valence-electron chi connectivity index (χ2n) is 7.13. The highest BCUT2D eigenvalue weighted by Gasteiger charge is 2.50. The van der Waals surface area contributed by atoms with Crippen LogP contribution in [0.5, 0.6) is 0 Å². The molecule has 7 heteroatoms. The van der Waals surface area contributed by atoms with E-state index in [1.54, 1.807) is 19.2 Å². The smallest absolute Gasteiger partial charge is 0.416 e. The van der Waals surface area contributed by atoms with Crippen LogP contribution in [0.4, 0.5) is 18.9 Å². The van der Waals surface area contributed by atoms with E-state index in [1.165, 1.54) is 12.1 Å². The van der Waals surface area contributed by atoms with E-state index in [-0.39, 0.29) is 12.0 Å². The Morgan fingerprint density at radius 1 is 1.26 bits per heavy atom. The topological polar surface area (TPSA) is 42.4 Å². The van der Waals surface area contributed by atoms with Crippen molar-refractivity contribution in [3.8, 4) is 0 Å². The van der Waals surface area contributed by atoms with Gasteiger partial charge in [-0.2, -0.15) is 13.2 Å². The number of aromatic nitrogens is 1. The molecule has 0 bridgehead atoms. The molecular weight excluding hydrogens is 357 g/mol.